The molecule has 0 radical (unpaired) electrons. The van der Waals surface area contributed by atoms with E-state index in [1.54, 1.807) is 0 Å². The molecule has 0 unspecified atom stereocenters. The number of hydrogen-bond donors (Lipinski definition) is 0. The number of nitrogens with zero attached hydrogens (tertiary/aromatic N) is 2. The maximum Gasteiger partial charge on any atom is 0.323 e. The molecule has 1 atom stereocenters. The molecule has 0 aliphatic rings. The van der Waals surface area contributed by atoms with Crippen molar-refractivity contribution in [2.75, 3.05) is 0 Å². The monoisotopic (exact) mass is 402 g/mol. The number of ether oxygens (including phenoxy) is 2. The summed E-state index contributed by atoms with van der Waals surface area (Å²) in [4.78, 5) is 38.7. The molecule has 7 heteroatoms. The molecule has 0 aliphatic carbocycles. The Labute approximate surface area is 172 Å². The van der Waals surface area contributed by atoms with Gasteiger partial charge in [-0.2, -0.15) is 4.79 Å². The number of carbonyl (C=O) groups is 3. The summed E-state index contributed by atoms with van der Waals surface area (Å²) in [6.07, 6.45) is 3.51. The molecule has 158 valence electrons. The number of hydrogen-bond acceptors (Lipinski definition) is 5. The minimum Gasteiger partial charge on any atom is -0.461 e. The molecule has 0 saturated heterocycles. The van der Waals surface area contributed by atoms with E-state index in [0.717, 1.165) is 18.2 Å². The van der Waals surface area contributed by atoms with Crippen molar-refractivity contribution >= 4 is 23.9 Å². The Morgan fingerprint density at radius 1 is 1.07 bits per heavy atom. The summed E-state index contributed by atoms with van der Waals surface area (Å²) in [5.41, 5.74) is 8.98. The number of Topliss-reactive ketones (excluding diaryl/α,β-unsaturated/α-hetero) is 1. The Balaban J connectivity index is 2.41. The Kier molecular flexibility index (Phi) is 10.6. The third-order valence-corrected chi connectivity index (χ3v) is 4.10. The highest BCUT2D eigenvalue weighted by Crippen LogP contribution is 2.17. The second-order valence-electron chi connectivity index (χ2n) is 7.88. The number of unbranched alkanes of at least 4 members (excludes halogenated alkanes) is 2. The fraction of sp³-hybridized carbons (Fsp3) is 0.545. The van der Waals surface area contributed by atoms with Gasteiger partial charge in [0.1, 0.15) is 12.2 Å². The molecule has 7 nitrogen and oxygen atoms in total. The Morgan fingerprint density at radius 2 is 1.76 bits per heavy atom. The van der Waals surface area contributed by atoms with Crippen LogP contribution in [0.4, 0.5) is 0 Å². The molecule has 1 rings (SSSR count). The molecule has 0 bridgehead atoms. The predicted molar refractivity (Wildman–Crippen MR) is 108 cm³/mol. The van der Waals surface area contributed by atoms with Crippen LogP contribution in [0.15, 0.2) is 30.3 Å². The topological polar surface area (TPSA) is 106 Å². The summed E-state index contributed by atoms with van der Waals surface area (Å²) >= 11 is 0. The van der Waals surface area contributed by atoms with Crippen molar-refractivity contribution in [2.24, 2.45) is 5.92 Å². The van der Waals surface area contributed by atoms with Crippen molar-refractivity contribution in [3.8, 4) is 0 Å². The number of carbonyl (C=O) groups excluding carboxylic acids is 3. The zero-order valence-electron chi connectivity index (χ0n) is 17.4. The molecule has 29 heavy (non-hydrogen) atoms. The predicted octanol–water partition coefficient (Wildman–Crippen LogP) is 3.90. The van der Waals surface area contributed by atoms with Gasteiger partial charge in [-0.05, 0) is 39.2 Å². The molecule has 0 heterocycles. The van der Waals surface area contributed by atoms with Crippen LogP contribution in [0.1, 0.15) is 64.9 Å². The van der Waals surface area contributed by atoms with Crippen molar-refractivity contribution in [3.63, 3.8) is 0 Å². The summed E-state index contributed by atoms with van der Waals surface area (Å²) in [6.45, 7) is 5.60. The average Bonchev–Trinajstić information content (AvgIpc) is 2.64. The Hall–Kier alpha value is -2.79. The minimum atomic E-state index is -0.615. The summed E-state index contributed by atoms with van der Waals surface area (Å²) < 4.78 is 10.5. The van der Waals surface area contributed by atoms with E-state index >= 15 is 0 Å². The Morgan fingerprint density at radius 3 is 2.38 bits per heavy atom. The lowest BCUT2D eigenvalue weighted by Crippen LogP contribution is -2.23. The van der Waals surface area contributed by atoms with E-state index in [4.69, 9.17) is 15.0 Å². The summed E-state index contributed by atoms with van der Waals surface area (Å²) in [7, 11) is 0. The van der Waals surface area contributed by atoms with Gasteiger partial charge in [0.15, 0.2) is 0 Å². The molecule has 1 aromatic carbocycles. The average molecular weight is 402 g/mol. The van der Waals surface area contributed by atoms with Gasteiger partial charge in [0, 0.05) is 12.3 Å². The van der Waals surface area contributed by atoms with E-state index in [1.165, 1.54) is 0 Å². The van der Waals surface area contributed by atoms with Crippen LogP contribution in [0.3, 0.4) is 0 Å². The first-order chi connectivity index (χ1) is 13.7. The molecule has 0 spiro atoms. The zero-order valence-corrected chi connectivity index (χ0v) is 17.4. The van der Waals surface area contributed by atoms with Crippen LogP contribution >= 0.6 is 0 Å². The van der Waals surface area contributed by atoms with E-state index in [0.29, 0.717) is 25.7 Å². The second-order valence-corrected chi connectivity index (χ2v) is 7.88. The van der Waals surface area contributed by atoms with Gasteiger partial charge in [-0.1, -0.05) is 43.2 Å². The maximum absolute atomic E-state index is 12.1. The lowest BCUT2D eigenvalue weighted by molar-refractivity contribution is -0.155. The molecular weight excluding hydrogens is 372 g/mol. The summed E-state index contributed by atoms with van der Waals surface area (Å²) in [6, 6.07) is 9.27. The van der Waals surface area contributed by atoms with Gasteiger partial charge in [-0.3, -0.25) is 14.4 Å². The number of esters is 2. The molecular formula is C22H30N2O5. The molecule has 0 aliphatic heterocycles. The minimum absolute atomic E-state index is 0.0796. The van der Waals surface area contributed by atoms with Gasteiger partial charge in [-0.15, -0.1) is 0 Å². The molecule has 0 N–H and O–H groups in total. The van der Waals surface area contributed by atoms with Gasteiger partial charge >= 0.3 is 18.2 Å². The standard InChI is InChI=1S/C22H30N2O5/c1-22(2,3)29-20(26)13-9-5-8-12-18(19(25)15-24-23)14-21(27)28-16-17-10-6-4-7-11-17/h4,6-7,10-11,15,18H,5,8-9,12-14,16H2,1-3H3/t18-/m1/s1. The molecule has 1 aromatic rings. The third-order valence-electron chi connectivity index (χ3n) is 4.10. The fourth-order valence-corrected chi connectivity index (χ4v) is 2.73. The van der Waals surface area contributed by atoms with Gasteiger partial charge in [-0.25, -0.2) is 0 Å². The quantitative estimate of drug-likeness (QED) is 0.173. The van der Waals surface area contributed by atoms with Crippen LogP contribution in [0.5, 0.6) is 0 Å². The van der Waals surface area contributed by atoms with E-state index in [9.17, 15) is 14.4 Å². The van der Waals surface area contributed by atoms with E-state index in [-0.39, 0.29) is 19.0 Å². The van der Waals surface area contributed by atoms with E-state index < -0.39 is 23.3 Å². The van der Waals surface area contributed by atoms with Gasteiger partial charge in [0.2, 0.25) is 5.78 Å². The molecule has 0 saturated carbocycles. The van der Waals surface area contributed by atoms with Crippen LogP contribution in [0.25, 0.3) is 5.53 Å². The van der Waals surface area contributed by atoms with Crippen LogP contribution in [0, 0.1) is 5.92 Å². The highest BCUT2D eigenvalue weighted by atomic mass is 16.6. The summed E-state index contributed by atoms with van der Waals surface area (Å²) in [5, 5.41) is 0. The highest BCUT2D eigenvalue weighted by Gasteiger charge is 2.24. The first kappa shape index (κ1) is 24.2. The molecule has 0 fully saturated rings. The first-order valence-corrected chi connectivity index (χ1v) is 9.84. The third kappa shape index (κ3) is 11.6. The van der Waals surface area contributed by atoms with Gasteiger partial charge < -0.3 is 15.0 Å². The van der Waals surface area contributed by atoms with Crippen LogP contribution in [0.2, 0.25) is 0 Å². The maximum atomic E-state index is 12.1. The second kappa shape index (κ2) is 12.6. The molecule has 0 aromatic heterocycles. The number of ketones is 1. The smallest absolute Gasteiger partial charge is 0.323 e. The highest BCUT2D eigenvalue weighted by molar-refractivity contribution is 6.26. The largest absolute Gasteiger partial charge is 0.461 e. The van der Waals surface area contributed by atoms with Crippen LogP contribution < -0.4 is 0 Å². The van der Waals surface area contributed by atoms with E-state index in [1.807, 2.05) is 51.1 Å². The molecule has 0 amide bonds. The van der Waals surface area contributed by atoms with Crippen molar-refractivity contribution in [2.45, 2.75) is 71.5 Å². The normalized spacial score (nSPS) is 11.8. The number of benzene rings is 1. The Bertz CT molecular complexity index is 718. The van der Waals surface area contributed by atoms with Crippen molar-refractivity contribution < 1.29 is 28.6 Å². The van der Waals surface area contributed by atoms with Gasteiger partial charge in [0.25, 0.3) is 0 Å². The van der Waals surface area contributed by atoms with E-state index in [2.05, 4.69) is 4.79 Å². The first-order valence-electron chi connectivity index (χ1n) is 9.84. The summed E-state index contributed by atoms with van der Waals surface area (Å²) in [5.74, 6) is -1.76. The van der Waals surface area contributed by atoms with Crippen molar-refractivity contribution in [3.05, 3.63) is 41.4 Å². The van der Waals surface area contributed by atoms with Crippen LogP contribution in [-0.4, -0.2) is 34.3 Å². The van der Waals surface area contributed by atoms with Gasteiger partial charge in [0.05, 0.1) is 6.42 Å². The van der Waals surface area contributed by atoms with Crippen LogP contribution in [-0.2, 0) is 30.5 Å². The van der Waals surface area contributed by atoms with Crippen molar-refractivity contribution in [1.82, 2.24) is 0 Å². The lowest BCUT2D eigenvalue weighted by atomic mass is 9.93. The zero-order chi connectivity index (χ0) is 21.7. The lowest BCUT2D eigenvalue weighted by Gasteiger charge is -2.19. The fourth-order valence-electron chi connectivity index (χ4n) is 2.73. The SMILES string of the molecule is CC(C)(C)OC(=O)CCCCC[C@H](CC(=O)OCc1ccccc1)C(=O)C=[N+]=[N-]. The van der Waals surface area contributed by atoms with Crippen molar-refractivity contribution in [1.29, 1.82) is 0 Å². The number of rotatable bonds is 12.